The van der Waals surface area contributed by atoms with Crippen LogP contribution < -0.4 is 10.8 Å². The quantitative estimate of drug-likeness (QED) is 0.300. The first-order valence-corrected chi connectivity index (χ1v) is 10.3. The minimum atomic E-state index is -3.71. The van der Waals surface area contributed by atoms with Crippen molar-refractivity contribution >= 4 is 27.1 Å². The molecule has 0 radical (unpaired) electrons. The molecule has 9 heteroatoms. The van der Waals surface area contributed by atoms with Crippen LogP contribution in [0.5, 0.6) is 5.75 Å². The molecular formula is C21H19N3O5S. The predicted molar refractivity (Wildman–Crippen MR) is 112 cm³/mol. The van der Waals surface area contributed by atoms with E-state index in [2.05, 4.69) is 15.8 Å². The van der Waals surface area contributed by atoms with Gasteiger partial charge in [0.1, 0.15) is 12.0 Å². The molecule has 3 N–H and O–H groups in total. The molecule has 0 aliphatic rings. The smallest absolute Gasteiger partial charge is 0.255 e. The van der Waals surface area contributed by atoms with Crippen LogP contribution in [-0.4, -0.2) is 24.4 Å². The van der Waals surface area contributed by atoms with Crippen LogP contribution in [0.4, 0.5) is 11.4 Å². The molecule has 3 aromatic rings. The lowest BCUT2D eigenvalue weighted by Gasteiger charge is -2.10. The number of hydrogen-bond donors (Lipinski definition) is 3. The summed E-state index contributed by atoms with van der Waals surface area (Å²) in [6.07, 6.45) is 3.78. The standard InChI is InChI=1S/C21H19N3O5S/c1-15(30(27,28)18-8-5-11-22-13-18)14-29-24-17-9-10-19(20(25)12-17)23-21(26)16-6-3-2-4-7-16/h2-14,24-25H,1H3,(H,23,26)/b15-14-. The molecule has 0 spiro atoms. The lowest BCUT2D eigenvalue weighted by Crippen LogP contribution is -2.11. The largest absolute Gasteiger partial charge is 0.506 e. The average molecular weight is 425 g/mol. The monoisotopic (exact) mass is 425 g/mol. The lowest BCUT2D eigenvalue weighted by molar-refractivity contribution is 0.102. The van der Waals surface area contributed by atoms with E-state index in [0.29, 0.717) is 11.3 Å². The molecule has 1 amide bonds. The number of phenolic OH excluding ortho intramolecular Hbond substituents is 1. The zero-order valence-corrected chi connectivity index (χ0v) is 16.8. The van der Waals surface area contributed by atoms with Crippen LogP contribution in [0.25, 0.3) is 0 Å². The summed E-state index contributed by atoms with van der Waals surface area (Å²) in [5, 5.41) is 12.8. The first-order valence-electron chi connectivity index (χ1n) is 8.81. The Kier molecular flexibility index (Phi) is 6.33. The van der Waals surface area contributed by atoms with Gasteiger partial charge in [-0.15, -0.1) is 0 Å². The number of anilines is 2. The number of nitrogens with zero attached hydrogens (tertiary/aromatic N) is 1. The molecule has 154 valence electrons. The van der Waals surface area contributed by atoms with Gasteiger partial charge in [0.25, 0.3) is 5.91 Å². The summed E-state index contributed by atoms with van der Waals surface area (Å²) in [6.45, 7) is 1.39. The number of hydrogen-bond acceptors (Lipinski definition) is 7. The van der Waals surface area contributed by atoms with Gasteiger partial charge in [-0.05, 0) is 43.3 Å². The van der Waals surface area contributed by atoms with Crippen LogP contribution in [0.3, 0.4) is 0 Å². The Hall–Kier alpha value is -3.85. The third kappa shape index (κ3) is 4.95. The highest BCUT2D eigenvalue weighted by atomic mass is 32.2. The summed E-state index contributed by atoms with van der Waals surface area (Å²) >= 11 is 0. The van der Waals surface area contributed by atoms with Gasteiger partial charge in [0.2, 0.25) is 9.84 Å². The number of sulfone groups is 1. The Labute approximate surface area is 173 Å². The molecule has 0 bridgehead atoms. The van der Waals surface area contributed by atoms with Crippen LogP contribution in [-0.2, 0) is 14.7 Å². The SMILES string of the molecule is C/C(=C/ONc1ccc(NC(=O)c2ccccc2)c(O)c1)S(=O)(=O)c1cccnc1. The molecule has 0 saturated carbocycles. The van der Waals surface area contributed by atoms with E-state index in [0.717, 1.165) is 6.26 Å². The number of amides is 1. The van der Waals surface area contributed by atoms with Crippen molar-refractivity contribution in [2.75, 3.05) is 10.8 Å². The van der Waals surface area contributed by atoms with Crippen molar-refractivity contribution in [3.8, 4) is 5.75 Å². The third-order valence-electron chi connectivity index (χ3n) is 4.05. The maximum absolute atomic E-state index is 12.4. The molecule has 1 aromatic heterocycles. The fourth-order valence-corrected chi connectivity index (χ4v) is 3.42. The fraction of sp³-hybridized carbons (Fsp3) is 0.0476. The minimum Gasteiger partial charge on any atom is -0.506 e. The molecule has 0 fully saturated rings. The zero-order valence-electron chi connectivity index (χ0n) is 15.9. The van der Waals surface area contributed by atoms with Crippen molar-refractivity contribution in [2.45, 2.75) is 11.8 Å². The highest BCUT2D eigenvalue weighted by Gasteiger charge is 2.17. The van der Waals surface area contributed by atoms with Gasteiger partial charge in [0, 0.05) is 24.0 Å². The lowest BCUT2D eigenvalue weighted by atomic mass is 10.2. The number of aromatic nitrogens is 1. The van der Waals surface area contributed by atoms with Gasteiger partial charge < -0.3 is 15.3 Å². The van der Waals surface area contributed by atoms with Gasteiger partial charge >= 0.3 is 0 Å². The molecule has 1 heterocycles. The molecule has 0 saturated heterocycles. The molecule has 3 rings (SSSR count). The van der Waals surface area contributed by atoms with E-state index in [1.165, 1.54) is 43.6 Å². The van der Waals surface area contributed by atoms with E-state index in [4.69, 9.17) is 4.84 Å². The Bertz CT molecular complexity index is 1160. The van der Waals surface area contributed by atoms with Gasteiger partial charge in [-0.2, -0.15) is 0 Å². The summed E-state index contributed by atoms with van der Waals surface area (Å²) in [6, 6.07) is 15.9. The summed E-state index contributed by atoms with van der Waals surface area (Å²) in [5.74, 6) is -0.543. The summed E-state index contributed by atoms with van der Waals surface area (Å²) in [4.78, 5) is 21.1. The number of pyridine rings is 1. The Morgan fingerprint density at radius 2 is 1.87 bits per heavy atom. The van der Waals surface area contributed by atoms with E-state index in [-0.39, 0.29) is 27.1 Å². The first kappa shape index (κ1) is 20.9. The van der Waals surface area contributed by atoms with E-state index in [9.17, 15) is 18.3 Å². The Balaban J connectivity index is 1.63. The molecule has 0 atom stereocenters. The second kappa shape index (κ2) is 9.10. The van der Waals surface area contributed by atoms with Gasteiger partial charge in [-0.25, -0.2) is 13.9 Å². The van der Waals surface area contributed by atoms with Crippen molar-refractivity contribution in [1.29, 1.82) is 0 Å². The van der Waals surface area contributed by atoms with Crippen molar-refractivity contribution in [2.24, 2.45) is 0 Å². The van der Waals surface area contributed by atoms with Crippen molar-refractivity contribution in [3.05, 3.63) is 89.8 Å². The molecular weight excluding hydrogens is 406 g/mol. The maximum Gasteiger partial charge on any atom is 0.255 e. The molecule has 0 aliphatic carbocycles. The Morgan fingerprint density at radius 3 is 2.53 bits per heavy atom. The molecule has 2 aromatic carbocycles. The van der Waals surface area contributed by atoms with Crippen LogP contribution in [0.2, 0.25) is 0 Å². The van der Waals surface area contributed by atoms with E-state index in [1.54, 1.807) is 36.4 Å². The van der Waals surface area contributed by atoms with Crippen LogP contribution in [0, 0.1) is 0 Å². The number of carbonyl (C=O) groups excluding carboxylic acids is 1. The van der Waals surface area contributed by atoms with Crippen LogP contribution in [0.1, 0.15) is 17.3 Å². The number of benzene rings is 2. The first-order chi connectivity index (χ1) is 14.4. The predicted octanol–water partition coefficient (Wildman–Crippen LogP) is 3.72. The van der Waals surface area contributed by atoms with Gasteiger partial charge in [-0.1, -0.05) is 18.2 Å². The topological polar surface area (TPSA) is 118 Å². The molecule has 0 aliphatic heterocycles. The van der Waals surface area contributed by atoms with E-state index >= 15 is 0 Å². The van der Waals surface area contributed by atoms with E-state index in [1.807, 2.05) is 0 Å². The summed E-state index contributed by atoms with van der Waals surface area (Å²) in [5.41, 5.74) is 3.56. The van der Waals surface area contributed by atoms with Crippen molar-refractivity contribution in [1.82, 2.24) is 4.98 Å². The van der Waals surface area contributed by atoms with Gasteiger partial charge in [0.15, 0.2) is 0 Å². The highest BCUT2D eigenvalue weighted by molar-refractivity contribution is 7.95. The zero-order chi connectivity index (χ0) is 21.6. The number of phenols is 1. The van der Waals surface area contributed by atoms with Crippen molar-refractivity contribution < 1.29 is 23.2 Å². The number of nitrogens with one attached hydrogen (secondary N) is 2. The van der Waals surface area contributed by atoms with Crippen LogP contribution in [0.15, 0.2) is 89.1 Å². The second-order valence-electron chi connectivity index (χ2n) is 6.19. The average Bonchev–Trinajstić information content (AvgIpc) is 2.76. The number of allylic oxidation sites excluding steroid dienone is 1. The number of carbonyl (C=O) groups is 1. The van der Waals surface area contributed by atoms with Gasteiger partial charge in [0.05, 0.1) is 21.2 Å². The highest BCUT2D eigenvalue weighted by Crippen LogP contribution is 2.27. The second-order valence-corrected chi connectivity index (χ2v) is 8.31. The number of aromatic hydroxyl groups is 1. The minimum absolute atomic E-state index is 0.0287. The van der Waals surface area contributed by atoms with Gasteiger partial charge in [-0.3, -0.25) is 9.78 Å². The maximum atomic E-state index is 12.4. The third-order valence-corrected chi connectivity index (χ3v) is 5.86. The molecule has 0 unspecified atom stereocenters. The molecule has 30 heavy (non-hydrogen) atoms. The fourth-order valence-electron chi connectivity index (χ4n) is 2.42. The normalized spacial score (nSPS) is 11.6. The van der Waals surface area contributed by atoms with Crippen LogP contribution >= 0.6 is 0 Å². The molecule has 8 nitrogen and oxygen atoms in total. The van der Waals surface area contributed by atoms with Crippen molar-refractivity contribution in [3.63, 3.8) is 0 Å². The number of rotatable bonds is 7. The Morgan fingerprint density at radius 1 is 1.10 bits per heavy atom. The summed E-state index contributed by atoms with van der Waals surface area (Å²) in [7, 11) is -3.71. The summed E-state index contributed by atoms with van der Waals surface area (Å²) < 4.78 is 24.8. The van der Waals surface area contributed by atoms with E-state index < -0.39 is 9.84 Å².